The van der Waals surface area contributed by atoms with Crippen molar-refractivity contribution in [2.24, 2.45) is 0 Å². The molecule has 0 spiro atoms. The summed E-state index contributed by atoms with van der Waals surface area (Å²) in [6, 6.07) is 7.37. The molecule has 1 aromatic carbocycles. The summed E-state index contributed by atoms with van der Waals surface area (Å²) >= 11 is 6.10. The molecule has 0 aliphatic carbocycles. The number of likely N-dealkylation sites (tertiary alicyclic amines) is 1. The van der Waals surface area contributed by atoms with E-state index < -0.39 is 5.60 Å². The van der Waals surface area contributed by atoms with Crippen molar-refractivity contribution in [2.45, 2.75) is 25.5 Å². The molecule has 20 heavy (non-hydrogen) atoms. The van der Waals surface area contributed by atoms with E-state index in [0.717, 1.165) is 18.5 Å². The zero-order valence-electron chi connectivity index (χ0n) is 11.2. The highest BCUT2D eigenvalue weighted by atomic mass is 35.5. The van der Waals surface area contributed by atoms with Gasteiger partial charge in [0.25, 0.3) is 5.89 Å². The van der Waals surface area contributed by atoms with Gasteiger partial charge in [-0.15, -0.1) is 0 Å². The molecule has 0 radical (unpaired) electrons. The van der Waals surface area contributed by atoms with Gasteiger partial charge >= 0.3 is 0 Å². The maximum Gasteiger partial charge on any atom is 0.259 e. The molecule has 1 N–H and O–H groups in total. The normalized spacial score (nSPS) is 23.4. The van der Waals surface area contributed by atoms with E-state index in [1.807, 2.05) is 25.1 Å². The molecule has 5 nitrogen and oxygen atoms in total. The highest BCUT2D eigenvalue weighted by Gasteiger charge is 2.31. The summed E-state index contributed by atoms with van der Waals surface area (Å²) in [7, 11) is 0. The van der Waals surface area contributed by atoms with Crippen LogP contribution in [0.25, 0.3) is 11.5 Å². The molecule has 1 aliphatic heterocycles. The molecule has 0 saturated carbocycles. The summed E-state index contributed by atoms with van der Waals surface area (Å²) in [4.78, 5) is 6.48. The minimum Gasteiger partial charge on any atom is -0.389 e. The molecule has 1 aliphatic rings. The van der Waals surface area contributed by atoms with Crippen LogP contribution in [0.2, 0.25) is 5.02 Å². The number of nitrogens with zero attached hydrogens (tertiary/aromatic N) is 3. The highest BCUT2D eigenvalue weighted by Crippen LogP contribution is 2.26. The number of hydrogen-bond acceptors (Lipinski definition) is 5. The quantitative estimate of drug-likeness (QED) is 0.941. The first kappa shape index (κ1) is 13.5. The standard InChI is InChI=1S/C14H16ClN3O2/c1-14(19)6-7-18(9-14)8-12-16-13(20-17-12)10-4-2-3-5-11(10)15/h2-5,19H,6-9H2,1H3. The van der Waals surface area contributed by atoms with Crippen molar-refractivity contribution in [3.8, 4) is 11.5 Å². The Morgan fingerprint density at radius 1 is 1.45 bits per heavy atom. The molecular weight excluding hydrogens is 278 g/mol. The van der Waals surface area contributed by atoms with Crippen molar-refractivity contribution in [1.82, 2.24) is 15.0 Å². The van der Waals surface area contributed by atoms with Gasteiger partial charge in [0.2, 0.25) is 0 Å². The third kappa shape index (κ3) is 2.85. The smallest absolute Gasteiger partial charge is 0.259 e. The van der Waals surface area contributed by atoms with Crippen molar-refractivity contribution in [3.63, 3.8) is 0 Å². The first-order valence-corrected chi connectivity index (χ1v) is 6.93. The molecule has 3 rings (SSSR count). The molecule has 1 atom stereocenters. The second-order valence-corrected chi connectivity index (χ2v) is 5.86. The Morgan fingerprint density at radius 3 is 2.95 bits per heavy atom. The number of aromatic nitrogens is 2. The lowest BCUT2D eigenvalue weighted by molar-refractivity contribution is 0.0675. The summed E-state index contributed by atoms with van der Waals surface area (Å²) in [6.45, 7) is 3.88. The van der Waals surface area contributed by atoms with Gasteiger partial charge in [0.05, 0.1) is 22.7 Å². The number of rotatable bonds is 3. The van der Waals surface area contributed by atoms with E-state index in [1.165, 1.54) is 0 Å². The number of hydrogen-bond donors (Lipinski definition) is 1. The molecule has 0 bridgehead atoms. The average molecular weight is 294 g/mol. The highest BCUT2D eigenvalue weighted by molar-refractivity contribution is 6.33. The van der Waals surface area contributed by atoms with Gasteiger partial charge in [-0.1, -0.05) is 28.9 Å². The molecular formula is C14H16ClN3O2. The average Bonchev–Trinajstić information content (AvgIpc) is 2.97. The van der Waals surface area contributed by atoms with Gasteiger partial charge in [-0.3, -0.25) is 4.90 Å². The summed E-state index contributed by atoms with van der Waals surface area (Å²) in [6.07, 6.45) is 0.766. The molecule has 1 unspecified atom stereocenters. The van der Waals surface area contributed by atoms with Crippen LogP contribution in [0.5, 0.6) is 0 Å². The van der Waals surface area contributed by atoms with Crippen LogP contribution in [0.4, 0.5) is 0 Å². The van der Waals surface area contributed by atoms with Gasteiger partial charge < -0.3 is 9.63 Å². The fourth-order valence-corrected chi connectivity index (χ4v) is 2.65. The van der Waals surface area contributed by atoms with Crippen molar-refractivity contribution < 1.29 is 9.63 Å². The number of β-amino-alcohol motifs (C(OH)–C–C–N with tert-alkyl or cyclic N) is 1. The topological polar surface area (TPSA) is 62.4 Å². The summed E-state index contributed by atoms with van der Waals surface area (Å²) in [5.41, 5.74) is 0.122. The maximum atomic E-state index is 9.94. The first-order chi connectivity index (χ1) is 9.53. The Labute approximate surface area is 122 Å². The fourth-order valence-electron chi connectivity index (χ4n) is 2.44. The zero-order valence-corrected chi connectivity index (χ0v) is 12.0. The van der Waals surface area contributed by atoms with Crippen LogP contribution in [0.3, 0.4) is 0 Å². The monoisotopic (exact) mass is 293 g/mol. The predicted octanol–water partition coefficient (Wildman–Crippen LogP) is 2.35. The largest absolute Gasteiger partial charge is 0.389 e. The Balaban J connectivity index is 1.73. The maximum absolute atomic E-state index is 9.94. The van der Waals surface area contributed by atoms with E-state index in [9.17, 15) is 5.11 Å². The van der Waals surface area contributed by atoms with E-state index in [4.69, 9.17) is 16.1 Å². The van der Waals surface area contributed by atoms with Crippen LogP contribution in [0.15, 0.2) is 28.8 Å². The van der Waals surface area contributed by atoms with Crippen molar-refractivity contribution >= 4 is 11.6 Å². The molecule has 2 aromatic rings. The first-order valence-electron chi connectivity index (χ1n) is 6.56. The summed E-state index contributed by atoms with van der Waals surface area (Å²) in [5.74, 6) is 1.04. The van der Waals surface area contributed by atoms with Crippen LogP contribution in [-0.2, 0) is 6.54 Å². The van der Waals surface area contributed by atoms with Crippen LogP contribution in [0.1, 0.15) is 19.2 Å². The van der Waals surface area contributed by atoms with Gasteiger partial charge in [-0.2, -0.15) is 4.98 Å². The van der Waals surface area contributed by atoms with Crippen LogP contribution < -0.4 is 0 Å². The molecule has 1 saturated heterocycles. The van der Waals surface area contributed by atoms with Crippen LogP contribution in [0, 0.1) is 0 Å². The molecule has 1 fully saturated rings. The molecule has 6 heteroatoms. The Morgan fingerprint density at radius 2 is 2.25 bits per heavy atom. The Bertz CT molecular complexity index is 612. The zero-order chi connectivity index (χ0) is 14.2. The fraction of sp³-hybridized carbons (Fsp3) is 0.429. The predicted molar refractivity (Wildman–Crippen MR) is 75.3 cm³/mol. The molecule has 0 amide bonds. The van der Waals surface area contributed by atoms with Crippen LogP contribution in [-0.4, -0.2) is 38.8 Å². The minimum absolute atomic E-state index is 0.427. The molecule has 106 valence electrons. The van der Waals surface area contributed by atoms with Gasteiger partial charge in [0.1, 0.15) is 0 Å². The van der Waals surface area contributed by atoms with Crippen molar-refractivity contribution in [1.29, 1.82) is 0 Å². The van der Waals surface area contributed by atoms with Gasteiger partial charge in [-0.05, 0) is 25.5 Å². The molecule has 2 heterocycles. The van der Waals surface area contributed by atoms with Crippen LogP contribution >= 0.6 is 11.6 Å². The third-order valence-electron chi connectivity index (χ3n) is 3.47. The Hall–Kier alpha value is -1.43. The van der Waals surface area contributed by atoms with Gasteiger partial charge in [-0.25, -0.2) is 0 Å². The summed E-state index contributed by atoms with van der Waals surface area (Å²) in [5, 5.41) is 14.5. The minimum atomic E-state index is -0.616. The van der Waals surface area contributed by atoms with Gasteiger partial charge in [0, 0.05) is 13.1 Å². The summed E-state index contributed by atoms with van der Waals surface area (Å²) < 4.78 is 5.26. The lowest BCUT2D eigenvalue weighted by Crippen LogP contribution is -2.29. The van der Waals surface area contributed by atoms with E-state index in [0.29, 0.717) is 29.8 Å². The van der Waals surface area contributed by atoms with Gasteiger partial charge in [0.15, 0.2) is 5.82 Å². The lowest BCUT2D eigenvalue weighted by atomic mass is 10.1. The van der Waals surface area contributed by atoms with Crippen molar-refractivity contribution in [3.05, 3.63) is 35.1 Å². The second kappa shape index (κ2) is 5.16. The third-order valence-corrected chi connectivity index (χ3v) is 3.80. The SMILES string of the molecule is CC1(O)CCN(Cc2noc(-c3ccccc3Cl)n2)C1. The number of benzene rings is 1. The second-order valence-electron chi connectivity index (χ2n) is 5.45. The Kier molecular flexibility index (Phi) is 3.50. The van der Waals surface area contributed by atoms with E-state index in [2.05, 4.69) is 15.0 Å². The van der Waals surface area contributed by atoms with Crippen molar-refractivity contribution in [2.75, 3.05) is 13.1 Å². The number of aliphatic hydroxyl groups is 1. The molecule has 1 aromatic heterocycles. The van der Waals surface area contributed by atoms with E-state index in [1.54, 1.807) is 6.07 Å². The van der Waals surface area contributed by atoms with E-state index >= 15 is 0 Å². The lowest BCUT2D eigenvalue weighted by Gasteiger charge is -2.16. The van der Waals surface area contributed by atoms with E-state index in [-0.39, 0.29) is 0 Å². The number of halogens is 1.